The van der Waals surface area contributed by atoms with Gasteiger partial charge >= 0.3 is 0 Å². The highest BCUT2D eigenvalue weighted by atomic mass is 35.5. The van der Waals surface area contributed by atoms with E-state index in [2.05, 4.69) is 31.3 Å². The first kappa shape index (κ1) is 12.9. The van der Waals surface area contributed by atoms with Crippen LogP contribution >= 0.6 is 11.6 Å². The van der Waals surface area contributed by atoms with Gasteiger partial charge in [-0.25, -0.2) is 0 Å². The van der Waals surface area contributed by atoms with E-state index in [4.69, 9.17) is 11.6 Å². The lowest BCUT2D eigenvalue weighted by Gasteiger charge is -2.30. The lowest BCUT2D eigenvalue weighted by Crippen LogP contribution is -2.35. The molecule has 0 spiro atoms. The highest BCUT2D eigenvalue weighted by Crippen LogP contribution is 2.27. The van der Waals surface area contributed by atoms with E-state index in [9.17, 15) is 0 Å². The molecule has 0 aromatic heterocycles. The summed E-state index contributed by atoms with van der Waals surface area (Å²) in [5, 5.41) is 4.59. The molecule has 0 heterocycles. The van der Waals surface area contributed by atoms with E-state index in [-0.39, 0.29) is 0 Å². The van der Waals surface area contributed by atoms with Crippen LogP contribution in [0.3, 0.4) is 0 Å². The summed E-state index contributed by atoms with van der Waals surface area (Å²) in [4.78, 5) is 0. The van der Waals surface area contributed by atoms with Crippen LogP contribution < -0.4 is 5.32 Å². The summed E-state index contributed by atoms with van der Waals surface area (Å²) in [5.74, 6) is 0.861. The van der Waals surface area contributed by atoms with Crippen molar-refractivity contribution in [3.05, 3.63) is 34.9 Å². The van der Waals surface area contributed by atoms with Gasteiger partial charge in [-0.05, 0) is 37.3 Å². The highest BCUT2D eigenvalue weighted by Gasteiger charge is 2.21. The molecule has 1 saturated carbocycles. The molecular weight excluding hydrogens is 230 g/mol. The Bertz CT molecular complexity index is 364. The first-order valence-electron chi connectivity index (χ1n) is 6.67. The smallest absolute Gasteiger partial charge is 0.0453 e. The first-order valence-corrected chi connectivity index (χ1v) is 7.05. The van der Waals surface area contributed by atoms with E-state index < -0.39 is 0 Å². The second kappa shape index (κ2) is 5.88. The van der Waals surface area contributed by atoms with Gasteiger partial charge in [-0.1, -0.05) is 49.6 Å². The SMILES string of the molecule is CC1CCCC(N[C@H](C)c2ccccc2Cl)C1. The minimum absolute atomic E-state index is 0.346. The molecule has 17 heavy (non-hydrogen) atoms. The Morgan fingerprint density at radius 2 is 2.06 bits per heavy atom. The summed E-state index contributed by atoms with van der Waals surface area (Å²) in [6, 6.07) is 9.14. The summed E-state index contributed by atoms with van der Waals surface area (Å²) < 4.78 is 0. The maximum atomic E-state index is 6.23. The summed E-state index contributed by atoms with van der Waals surface area (Å²) >= 11 is 6.23. The molecule has 1 aliphatic rings. The summed E-state index contributed by atoms with van der Waals surface area (Å²) in [5.41, 5.74) is 1.22. The van der Waals surface area contributed by atoms with Crippen LogP contribution in [0.25, 0.3) is 0 Å². The Kier molecular flexibility index (Phi) is 4.47. The van der Waals surface area contributed by atoms with Gasteiger partial charge in [0.2, 0.25) is 0 Å². The van der Waals surface area contributed by atoms with Gasteiger partial charge in [-0.3, -0.25) is 0 Å². The molecule has 1 aliphatic carbocycles. The lowest BCUT2D eigenvalue weighted by atomic mass is 9.86. The number of rotatable bonds is 3. The monoisotopic (exact) mass is 251 g/mol. The summed E-state index contributed by atoms with van der Waals surface area (Å²) in [6.07, 6.45) is 5.35. The first-order chi connectivity index (χ1) is 8.16. The number of hydrogen-bond donors (Lipinski definition) is 1. The third-order valence-corrected chi connectivity index (χ3v) is 4.14. The topological polar surface area (TPSA) is 12.0 Å². The zero-order chi connectivity index (χ0) is 12.3. The van der Waals surface area contributed by atoms with Crippen molar-refractivity contribution in [1.82, 2.24) is 5.32 Å². The fourth-order valence-corrected chi connectivity index (χ4v) is 3.15. The largest absolute Gasteiger partial charge is 0.307 e. The van der Waals surface area contributed by atoms with E-state index in [0.29, 0.717) is 12.1 Å². The molecule has 0 aliphatic heterocycles. The van der Waals surface area contributed by atoms with Gasteiger partial charge in [0.1, 0.15) is 0 Å². The van der Waals surface area contributed by atoms with Crippen LogP contribution in [0.5, 0.6) is 0 Å². The standard InChI is InChI=1S/C15H22ClN/c1-11-6-5-7-13(10-11)17-12(2)14-8-3-4-9-15(14)16/h3-4,8-9,11-13,17H,5-7,10H2,1-2H3/t11?,12-,13?/m1/s1. The van der Waals surface area contributed by atoms with Crippen molar-refractivity contribution in [2.45, 2.75) is 51.6 Å². The van der Waals surface area contributed by atoms with E-state index in [1.165, 1.54) is 31.2 Å². The van der Waals surface area contributed by atoms with Crippen molar-refractivity contribution in [1.29, 1.82) is 0 Å². The van der Waals surface area contributed by atoms with Crippen molar-refractivity contribution >= 4 is 11.6 Å². The van der Waals surface area contributed by atoms with Crippen molar-refractivity contribution < 1.29 is 0 Å². The summed E-state index contributed by atoms with van der Waals surface area (Å²) in [6.45, 7) is 4.56. The fourth-order valence-electron chi connectivity index (χ4n) is 2.86. The Morgan fingerprint density at radius 3 is 2.76 bits per heavy atom. The Hall–Kier alpha value is -0.530. The van der Waals surface area contributed by atoms with E-state index >= 15 is 0 Å². The predicted molar refractivity (Wildman–Crippen MR) is 74.4 cm³/mol. The van der Waals surface area contributed by atoms with Crippen LogP contribution in [-0.2, 0) is 0 Å². The molecule has 94 valence electrons. The Morgan fingerprint density at radius 1 is 1.29 bits per heavy atom. The molecule has 1 aromatic rings. The predicted octanol–water partition coefficient (Wildman–Crippen LogP) is 4.57. The van der Waals surface area contributed by atoms with E-state index in [0.717, 1.165) is 10.9 Å². The second-order valence-electron chi connectivity index (χ2n) is 5.38. The van der Waals surface area contributed by atoms with Crippen LogP contribution in [0.2, 0.25) is 5.02 Å². The Labute approximate surface area is 110 Å². The van der Waals surface area contributed by atoms with Gasteiger partial charge in [0.05, 0.1) is 0 Å². The maximum Gasteiger partial charge on any atom is 0.0453 e. The van der Waals surface area contributed by atoms with Crippen LogP contribution in [0, 0.1) is 5.92 Å². The van der Waals surface area contributed by atoms with Crippen LogP contribution in [0.15, 0.2) is 24.3 Å². The zero-order valence-electron chi connectivity index (χ0n) is 10.7. The number of benzene rings is 1. The molecule has 1 nitrogen and oxygen atoms in total. The van der Waals surface area contributed by atoms with Gasteiger partial charge < -0.3 is 5.32 Å². The second-order valence-corrected chi connectivity index (χ2v) is 5.79. The van der Waals surface area contributed by atoms with Gasteiger partial charge in [0, 0.05) is 17.1 Å². The minimum atomic E-state index is 0.346. The molecule has 0 saturated heterocycles. The molecule has 3 atom stereocenters. The van der Waals surface area contributed by atoms with Crippen molar-refractivity contribution in [3.63, 3.8) is 0 Å². The molecule has 1 aromatic carbocycles. The van der Waals surface area contributed by atoms with E-state index in [1.54, 1.807) is 0 Å². The average Bonchev–Trinajstić information content (AvgIpc) is 2.29. The van der Waals surface area contributed by atoms with Crippen molar-refractivity contribution in [2.75, 3.05) is 0 Å². The maximum absolute atomic E-state index is 6.23. The van der Waals surface area contributed by atoms with Crippen molar-refractivity contribution in [3.8, 4) is 0 Å². The van der Waals surface area contributed by atoms with Gasteiger partial charge in [-0.2, -0.15) is 0 Å². The molecule has 2 heteroatoms. The molecule has 2 rings (SSSR count). The normalized spacial score (nSPS) is 26.8. The molecule has 1 fully saturated rings. The molecular formula is C15H22ClN. The Balaban J connectivity index is 1.97. The van der Waals surface area contributed by atoms with Crippen molar-refractivity contribution in [2.24, 2.45) is 5.92 Å². The van der Waals surface area contributed by atoms with Crippen LogP contribution in [0.4, 0.5) is 0 Å². The molecule has 1 N–H and O–H groups in total. The molecule has 2 unspecified atom stereocenters. The minimum Gasteiger partial charge on any atom is -0.307 e. The molecule has 0 radical (unpaired) electrons. The summed E-state index contributed by atoms with van der Waals surface area (Å²) in [7, 11) is 0. The molecule has 0 amide bonds. The van der Waals surface area contributed by atoms with Gasteiger partial charge in [0.15, 0.2) is 0 Å². The van der Waals surface area contributed by atoms with Gasteiger partial charge in [-0.15, -0.1) is 0 Å². The number of halogens is 1. The van der Waals surface area contributed by atoms with Crippen LogP contribution in [-0.4, -0.2) is 6.04 Å². The molecule has 0 bridgehead atoms. The fraction of sp³-hybridized carbons (Fsp3) is 0.600. The average molecular weight is 252 g/mol. The third kappa shape index (κ3) is 3.46. The van der Waals surface area contributed by atoms with Crippen LogP contribution in [0.1, 0.15) is 51.1 Å². The zero-order valence-corrected chi connectivity index (χ0v) is 11.5. The number of hydrogen-bond acceptors (Lipinski definition) is 1. The highest BCUT2D eigenvalue weighted by molar-refractivity contribution is 6.31. The lowest BCUT2D eigenvalue weighted by molar-refractivity contribution is 0.285. The number of nitrogens with one attached hydrogen (secondary N) is 1. The van der Waals surface area contributed by atoms with Gasteiger partial charge in [0.25, 0.3) is 0 Å². The third-order valence-electron chi connectivity index (χ3n) is 3.79. The quantitative estimate of drug-likeness (QED) is 0.830. The van der Waals surface area contributed by atoms with E-state index in [1.807, 2.05) is 12.1 Å².